The molecule has 1 aliphatic heterocycles. The smallest absolute Gasteiger partial charge is 0.369 e. The topological polar surface area (TPSA) is 53.9 Å². The second-order valence-electron chi connectivity index (χ2n) is 6.93. The van der Waals surface area contributed by atoms with Crippen LogP contribution in [0, 0.1) is 5.92 Å². The van der Waals surface area contributed by atoms with Crippen molar-refractivity contribution in [3.05, 3.63) is 41.2 Å². The second-order valence-corrected chi connectivity index (χ2v) is 6.93. The Balaban J connectivity index is 1.34. The Labute approximate surface area is 149 Å². The summed E-state index contributed by atoms with van der Waals surface area (Å²) in [6.45, 7) is 1.97. The van der Waals surface area contributed by atoms with E-state index < -0.39 is 11.7 Å². The van der Waals surface area contributed by atoms with Gasteiger partial charge in [0, 0.05) is 31.7 Å². The maximum Gasteiger partial charge on any atom is 0.419 e. The fourth-order valence-electron chi connectivity index (χ4n) is 3.54. The molecule has 0 radical (unpaired) electrons. The number of rotatable bonds is 4. The number of hydrogen-bond acceptors (Lipinski definition) is 5. The first-order valence-corrected chi connectivity index (χ1v) is 8.87. The van der Waals surface area contributed by atoms with Crippen molar-refractivity contribution in [2.75, 3.05) is 29.9 Å². The van der Waals surface area contributed by atoms with E-state index in [-0.39, 0.29) is 11.7 Å². The SMILES string of the molecule is FC(F)(F)c1cccnc1NCC1CN(c2cc3c(nn2)CCCC3)C1. The molecule has 138 valence electrons. The zero-order valence-electron chi connectivity index (χ0n) is 14.3. The largest absolute Gasteiger partial charge is 0.419 e. The minimum absolute atomic E-state index is 0.105. The summed E-state index contributed by atoms with van der Waals surface area (Å²) >= 11 is 0. The monoisotopic (exact) mass is 363 g/mol. The molecule has 0 spiro atoms. The minimum Gasteiger partial charge on any atom is -0.369 e. The van der Waals surface area contributed by atoms with Gasteiger partial charge in [-0.3, -0.25) is 0 Å². The number of aryl methyl sites for hydroxylation is 2. The lowest BCUT2D eigenvalue weighted by atomic mass is 9.95. The Morgan fingerprint density at radius 3 is 2.77 bits per heavy atom. The van der Waals surface area contributed by atoms with E-state index in [1.165, 1.54) is 30.7 Å². The van der Waals surface area contributed by atoms with Crippen molar-refractivity contribution < 1.29 is 13.2 Å². The highest BCUT2D eigenvalue weighted by atomic mass is 19.4. The van der Waals surface area contributed by atoms with E-state index in [1.807, 2.05) is 0 Å². The number of hydrogen-bond donors (Lipinski definition) is 1. The van der Waals surface area contributed by atoms with E-state index in [0.29, 0.717) is 6.54 Å². The predicted octanol–water partition coefficient (Wildman–Crippen LogP) is 3.32. The zero-order valence-corrected chi connectivity index (χ0v) is 14.3. The van der Waals surface area contributed by atoms with Crippen LogP contribution in [0.5, 0.6) is 0 Å². The summed E-state index contributed by atoms with van der Waals surface area (Å²) in [7, 11) is 0. The molecule has 8 heteroatoms. The summed E-state index contributed by atoms with van der Waals surface area (Å²) in [4.78, 5) is 5.96. The maximum atomic E-state index is 13.0. The van der Waals surface area contributed by atoms with Crippen LogP contribution in [0.3, 0.4) is 0 Å². The second kappa shape index (κ2) is 6.74. The van der Waals surface area contributed by atoms with E-state index in [9.17, 15) is 13.2 Å². The first-order valence-electron chi connectivity index (χ1n) is 8.87. The average molecular weight is 363 g/mol. The highest BCUT2D eigenvalue weighted by Gasteiger charge is 2.35. The van der Waals surface area contributed by atoms with Gasteiger partial charge in [0.15, 0.2) is 5.82 Å². The summed E-state index contributed by atoms with van der Waals surface area (Å²) in [5.41, 5.74) is 1.66. The molecule has 0 aromatic carbocycles. The molecule has 26 heavy (non-hydrogen) atoms. The Hall–Kier alpha value is -2.38. The van der Waals surface area contributed by atoms with Gasteiger partial charge in [-0.2, -0.15) is 18.3 Å². The van der Waals surface area contributed by atoms with Gasteiger partial charge >= 0.3 is 6.18 Å². The Bertz CT molecular complexity index is 787. The van der Waals surface area contributed by atoms with Gasteiger partial charge in [0.2, 0.25) is 0 Å². The van der Waals surface area contributed by atoms with E-state index in [0.717, 1.165) is 43.5 Å². The first kappa shape index (κ1) is 17.1. The molecule has 4 rings (SSSR count). The molecule has 0 amide bonds. The number of aromatic nitrogens is 3. The molecule has 2 aliphatic rings. The molecule has 1 aliphatic carbocycles. The normalized spacial score (nSPS) is 17.6. The number of fused-ring (bicyclic) bond motifs is 1. The van der Waals surface area contributed by atoms with Gasteiger partial charge in [-0.15, -0.1) is 5.10 Å². The number of pyridine rings is 1. The maximum absolute atomic E-state index is 13.0. The molecule has 1 saturated heterocycles. The van der Waals surface area contributed by atoms with Crippen molar-refractivity contribution >= 4 is 11.6 Å². The van der Waals surface area contributed by atoms with E-state index >= 15 is 0 Å². The van der Waals surface area contributed by atoms with Gasteiger partial charge in [-0.1, -0.05) is 0 Å². The van der Waals surface area contributed by atoms with Crippen LogP contribution in [-0.4, -0.2) is 34.8 Å². The van der Waals surface area contributed by atoms with Gasteiger partial charge in [-0.25, -0.2) is 4.98 Å². The third-order valence-electron chi connectivity index (χ3n) is 5.01. The number of anilines is 2. The average Bonchev–Trinajstić information content (AvgIpc) is 2.60. The van der Waals surface area contributed by atoms with E-state index in [1.54, 1.807) is 0 Å². The Morgan fingerprint density at radius 2 is 1.96 bits per heavy atom. The minimum atomic E-state index is -4.40. The number of nitrogens with zero attached hydrogens (tertiary/aromatic N) is 4. The third-order valence-corrected chi connectivity index (χ3v) is 5.01. The molecule has 2 aromatic heterocycles. The van der Waals surface area contributed by atoms with Crippen LogP contribution in [0.4, 0.5) is 24.8 Å². The van der Waals surface area contributed by atoms with Crippen molar-refractivity contribution in [2.24, 2.45) is 5.92 Å². The summed E-state index contributed by atoms with van der Waals surface area (Å²) < 4.78 is 39.0. The van der Waals surface area contributed by atoms with Crippen LogP contribution in [0.1, 0.15) is 29.7 Å². The van der Waals surface area contributed by atoms with Crippen LogP contribution in [0.2, 0.25) is 0 Å². The van der Waals surface area contributed by atoms with Crippen LogP contribution in [-0.2, 0) is 19.0 Å². The molecule has 0 saturated carbocycles. The van der Waals surface area contributed by atoms with Crippen molar-refractivity contribution in [3.63, 3.8) is 0 Å². The Kier molecular flexibility index (Phi) is 4.42. The van der Waals surface area contributed by atoms with Crippen molar-refractivity contribution in [1.82, 2.24) is 15.2 Å². The molecule has 0 bridgehead atoms. The van der Waals surface area contributed by atoms with Crippen LogP contribution in [0.15, 0.2) is 24.4 Å². The fourth-order valence-corrected chi connectivity index (χ4v) is 3.54. The summed E-state index contributed by atoms with van der Waals surface area (Å²) in [5, 5.41) is 11.5. The molecule has 5 nitrogen and oxygen atoms in total. The molecule has 1 fully saturated rings. The fraction of sp³-hybridized carbons (Fsp3) is 0.500. The molecular formula is C18H20F3N5. The van der Waals surface area contributed by atoms with Crippen LogP contribution in [0.25, 0.3) is 0 Å². The molecule has 0 atom stereocenters. The van der Waals surface area contributed by atoms with Gasteiger partial charge in [0.05, 0.1) is 11.3 Å². The lowest BCUT2D eigenvalue weighted by Crippen LogP contribution is -2.50. The van der Waals surface area contributed by atoms with Crippen molar-refractivity contribution in [2.45, 2.75) is 31.9 Å². The standard InChI is InChI=1S/C18H20F3N5/c19-18(20,21)14-5-3-7-22-17(14)23-9-12-10-26(11-12)16-8-13-4-1-2-6-15(13)24-25-16/h3,5,7-8,12H,1-2,4,6,9-11H2,(H,22,23). The predicted molar refractivity (Wildman–Crippen MR) is 92.1 cm³/mol. The number of alkyl halides is 3. The highest BCUT2D eigenvalue weighted by molar-refractivity contribution is 5.47. The van der Waals surface area contributed by atoms with E-state index in [2.05, 4.69) is 31.5 Å². The lowest BCUT2D eigenvalue weighted by molar-refractivity contribution is -0.137. The Morgan fingerprint density at radius 1 is 1.15 bits per heavy atom. The van der Waals surface area contributed by atoms with Crippen molar-refractivity contribution in [1.29, 1.82) is 0 Å². The molecule has 1 N–H and O–H groups in total. The summed E-state index contributed by atoms with van der Waals surface area (Å²) in [6, 6.07) is 4.46. The first-order chi connectivity index (χ1) is 12.5. The summed E-state index contributed by atoms with van der Waals surface area (Å²) in [6.07, 6.45) is 1.38. The number of nitrogens with one attached hydrogen (secondary N) is 1. The summed E-state index contributed by atoms with van der Waals surface area (Å²) in [5.74, 6) is 1.03. The quantitative estimate of drug-likeness (QED) is 0.903. The van der Waals surface area contributed by atoms with Gasteiger partial charge in [0.1, 0.15) is 5.82 Å². The van der Waals surface area contributed by atoms with Gasteiger partial charge < -0.3 is 10.2 Å². The molecule has 3 heterocycles. The van der Waals surface area contributed by atoms with Crippen LogP contribution >= 0.6 is 0 Å². The van der Waals surface area contributed by atoms with Gasteiger partial charge in [-0.05, 0) is 49.4 Å². The highest BCUT2D eigenvalue weighted by Crippen LogP contribution is 2.34. The lowest BCUT2D eigenvalue weighted by Gasteiger charge is -2.40. The molecule has 2 aromatic rings. The van der Waals surface area contributed by atoms with Crippen molar-refractivity contribution in [3.8, 4) is 0 Å². The number of halogens is 3. The zero-order chi connectivity index (χ0) is 18.1. The third kappa shape index (κ3) is 3.45. The molecule has 0 unspecified atom stereocenters. The van der Waals surface area contributed by atoms with E-state index in [4.69, 9.17) is 0 Å². The van der Waals surface area contributed by atoms with Gasteiger partial charge in [0.25, 0.3) is 0 Å². The van der Waals surface area contributed by atoms with Crippen LogP contribution < -0.4 is 10.2 Å². The molecular weight excluding hydrogens is 343 g/mol.